The van der Waals surface area contributed by atoms with E-state index in [0.717, 1.165) is 50.2 Å². The van der Waals surface area contributed by atoms with Crippen LogP contribution in [0.25, 0.3) is 72.7 Å². The molecule has 0 atom stereocenters. The summed E-state index contributed by atoms with van der Waals surface area (Å²) < 4.78 is 45.7. The minimum Gasteiger partial charge on any atom is -0.507 e. The number of hydrogen-bond donors (Lipinski definition) is 1. The molecular weight excluding hydrogens is 671 g/mol. The predicted molar refractivity (Wildman–Crippen MR) is 230 cm³/mol. The van der Waals surface area contributed by atoms with Gasteiger partial charge in [-0.2, -0.15) is 0 Å². The zero-order chi connectivity index (χ0) is 42.8. The van der Waals surface area contributed by atoms with Crippen molar-refractivity contribution in [3.63, 3.8) is 0 Å². The maximum Gasteiger partial charge on any atom is 0.149 e. The van der Waals surface area contributed by atoms with Crippen molar-refractivity contribution in [1.29, 1.82) is 0 Å². The van der Waals surface area contributed by atoms with Crippen LogP contribution in [0.5, 0.6) is 5.75 Å². The van der Waals surface area contributed by atoms with Gasteiger partial charge in [0.15, 0.2) is 0 Å². The first-order valence-corrected chi connectivity index (χ1v) is 18.6. The molecule has 0 amide bonds. The van der Waals surface area contributed by atoms with E-state index in [2.05, 4.69) is 88.4 Å². The number of nitrogens with zero attached hydrogens (tertiary/aromatic N) is 3. The smallest absolute Gasteiger partial charge is 0.149 e. The summed E-state index contributed by atoms with van der Waals surface area (Å²) in [6.45, 7) is 14.5. The van der Waals surface area contributed by atoms with Crippen LogP contribution in [0.2, 0.25) is 0 Å². The van der Waals surface area contributed by atoms with Gasteiger partial charge in [-0.25, -0.2) is 4.98 Å². The van der Waals surface area contributed by atoms with Crippen molar-refractivity contribution >= 4 is 11.0 Å². The van der Waals surface area contributed by atoms with Crippen molar-refractivity contribution in [2.75, 3.05) is 0 Å². The summed E-state index contributed by atoms with van der Waals surface area (Å²) in [5.74, 6) is 0.283. The first-order valence-electron chi connectivity index (χ1n) is 21.1. The molecule has 55 heavy (non-hydrogen) atoms. The molecule has 272 valence electrons. The van der Waals surface area contributed by atoms with Gasteiger partial charge >= 0.3 is 0 Å². The van der Waals surface area contributed by atoms with Crippen molar-refractivity contribution in [3.05, 3.63) is 168 Å². The molecular formula is C51H47N3O. The minimum atomic E-state index is -0.488. The molecule has 6 aromatic carbocycles. The number of fused-ring (bicyclic) bond motifs is 1. The number of phenolic OH excluding ortho intramolecular Hbond substituents is 1. The molecule has 0 aliphatic rings. The number of aromatic hydroxyl groups is 1. The highest BCUT2D eigenvalue weighted by molar-refractivity contribution is 5.97. The molecule has 2 heterocycles. The molecule has 0 aliphatic carbocycles. The van der Waals surface area contributed by atoms with Crippen LogP contribution in [-0.4, -0.2) is 19.6 Å². The van der Waals surface area contributed by atoms with Crippen LogP contribution < -0.4 is 0 Å². The Morgan fingerprint density at radius 1 is 0.600 bits per heavy atom. The predicted octanol–water partition coefficient (Wildman–Crippen LogP) is 13.4. The zero-order valence-corrected chi connectivity index (χ0v) is 32.3. The van der Waals surface area contributed by atoms with Gasteiger partial charge in [-0.1, -0.05) is 138 Å². The number of hydrogen-bond acceptors (Lipinski definition) is 3. The molecule has 4 heteroatoms. The van der Waals surface area contributed by atoms with Crippen molar-refractivity contribution in [2.24, 2.45) is 0 Å². The minimum absolute atomic E-state index is 0.0221. The molecule has 1 N–H and O–H groups in total. The molecule has 0 saturated heterocycles. The maximum atomic E-state index is 12.2. The first-order chi connectivity index (χ1) is 28.4. The second kappa shape index (κ2) is 13.9. The van der Waals surface area contributed by atoms with Gasteiger partial charge in [0.25, 0.3) is 0 Å². The quantitative estimate of drug-likeness (QED) is 0.186. The Labute approximate surface area is 331 Å². The standard InChI is InChI=1S/C51H47N3O/c1-33-16-14-19-35(26-33)36-24-25-52-45(30-36)39-28-37(34-17-10-8-11-18-34)27-38(29-39)42-22-15-23-46-47(42)53-49(54(46)41-20-12-9-13-21-41)43-31-40(50(2,3)4)32-44(48(43)55)51(5,6)7/h8-32,55H,1-7H3/i9D,12D,13D,20D,21D. The third-order valence-electron chi connectivity index (χ3n) is 10.2. The Bertz CT molecular complexity index is 2950. The monoisotopic (exact) mass is 722 g/mol. The summed E-state index contributed by atoms with van der Waals surface area (Å²) in [6, 6.07) is 36.6. The number of para-hydroxylation sites is 2. The van der Waals surface area contributed by atoms with Crippen molar-refractivity contribution in [1.82, 2.24) is 14.5 Å². The topological polar surface area (TPSA) is 50.9 Å². The van der Waals surface area contributed by atoms with E-state index in [1.165, 1.54) is 5.56 Å². The summed E-state index contributed by atoms with van der Waals surface area (Å²) in [5, 5.41) is 12.2. The zero-order valence-electron chi connectivity index (χ0n) is 37.3. The largest absolute Gasteiger partial charge is 0.507 e. The number of aryl methyl sites for hydroxylation is 1. The number of imidazole rings is 1. The van der Waals surface area contributed by atoms with E-state index in [0.29, 0.717) is 22.2 Å². The molecule has 4 nitrogen and oxygen atoms in total. The molecule has 0 bridgehead atoms. The number of benzene rings is 6. The lowest BCUT2D eigenvalue weighted by atomic mass is 9.79. The Balaban J connectivity index is 1.46. The third kappa shape index (κ3) is 6.97. The highest BCUT2D eigenvalue weighted by Gasteiger charge is 2.28. The molecule has 8 aromatic rings. The van der Waals surface area contributed by atoms with E-state index in [-0.39, 0.29) is 34.8 Å². The fourth-order valence-corrected chi connectivity index (χ4v) is 7.22. The lowest BCUT2D eigenvalue weighted by Gasteiger charge is -2.27. The lowest BCUT2D eigenvalue weighted by molar-refractivity contribution is 0.446. The van der Waals surface area contributed by atoms with Gasteiger partial charge in [-0.3, -0.25) is 9.55 Å². The average Bonchev–Trinajstić information content (AvgIpc) is 3.60. The fourth-order valence-electron chi connectivity index (χ4n) is 7.22. The fraction of sp³-hybridized carbons (Fsp3) is 0.176. The number of phenols is 1. The van der Waals surface area contributed by atoms with Gasteiger partial charge in [0.1, 0.15) is 11.6 Å². The molecule has 0 aliphatic heterocycles. The molecule has 0 saturated carbocycles. The Morgan fingerprint density at radius 2 is 1.29 bits per heavy atom. The molecule has 0 unspecified atom stereocenters. The Kier molecular flexibility index (Phi) is 7.59. The Morgan fingerprint density at radius 3 is 2.02 bits per heavy atom. The van der Waals surface area contributed by atoms with Crippen molar-refractivity contribution in [3.8, 4) is 67.5 Å². The molecule has 0 radical (unpaired) electrons. The first kappa shape index (κ1) is 30.1. The van der Waals surface area contributed by atoms with Gasteiger partial charge in [0.05, 0.1) is 29.1 Å². The number of pyridine rings is 1. The molecule has 8 rings (SSSR count). The second-order valence-electron chi connectivity index (χ2n) is 16.3. The molecule has 2 aromatic heterocycles. The summed E-state index contributed by atoms with van der Waals surface area (Å²) in [5.41, 5.74) is 10.9. The van der Waals surface area contributed by atoms with Crippen LogP contribution >= 0.6 is 0 Å². The van der Waals surface area contributed by atoms with Gasteiger partial charge in [0.2, 0.25) is 0 Å². The summed E-state index contributed by atoms with van der Waals surface area (Å²) in [6.07, 6.45) is 1.83. The molecule has 0 spiro atoms. The summed E-state index contributed by atoms with van der Waals surface area (Å²) in [4.78, 5) is 10.2. The number of rotatable bonds is 6. The maximum absolute atomic E-state index is 12.2. The van der Waals surface area contributed by atoms with E-state index in [1.807, 2.05) is 81.6 Å². The van der Waals surface area contributed by atoms with Crippen molar-refractivity contribution in [2.45, 2.75) is 59.3 Å². The SMILES string of the molecule is [2H]c1c([2H])c([2H])c(-n2c(-c3cc(C(C)(C)C)cc(C(C)(C)C)c3O)nc3c(-c4cc(-c5ccccc5)cc(-c5cc(-c6cccc(C)c6)ccn5)c4)cccc32)c([2H])c1[2H]. The van der Waals surface area contributed by atoms with Crippen LogP contribution in [0, 0.1) is 6.92 Å². The summed E-state index contributed by atoms with van der Waals surface area (Å²) >= 11 is 0. The van der Waals surface area contributed by atoms with E-state index in [1.54, 1.807) is 4.57 Å². The lowest BCUT2D eigenvalue weighted by Crippen LogP contribution is -2.17. The summed E-state index contributed by atoms with van der Waals surface area (Å²) in [7, 11) is 0. The number of aromatic nitrogens is 3. The Hall–Kier alpha value is -6.26. The van der Waals surface area contributed by atoms with E-state index in [4.69, 9.17) is 16.8 Å². The van der Waals surface area contributed by atoms with Crippen LogP contribution in [-0.2, 0) is 10.8 Å². The second-order valence-corrected chi connectivity index (χ2v) is 16.3. The van der Waals surface area contributed by atoms with Crippen molar-refractivity contribution < 1.29 is 12.0 Å². The van der Waals surface area contributed by atoms with E-state index in [9.17, 15) is 5.11 Å². The highest BCUT2D eigenvalue weighted by Crippen LogP contribution is 2.45. The van der Waals surface area contributed by atoms with E-state index >= 15 is 0 Å². The normalized spacial score (nSPS) is 13.3. The van der Waals surface area contributed by atoms with Crippen LogP contribution in [0.3, 0.4) is 0 Å². The van der Waals surface area contributed by atoms with E-state index < -0.39 is 23.5 Å². The van der Waals surface area contributed by atoms with Crippen LogP contribution in [0.1, 0.15) is 65.1 Å². The van der Waals surface area contributed by atoms with Gasteiger partial charge < -0.3 is 5.11 Å². The van der Waals surface area contributed by atoms with Gasteiger partial charge in [-0.15, -0.1) is 0 Å². The third-order valence-corrected chi connectivity index (χ3v) is 10.2. The van der Waals surface area contributed by atoms with Crippen LogP contribution in [0.15, 0.2) is 152 Å². The van der Waals surface area contributed by atoms with Gasteiger partial charge in [-0.05, 0) is 106 Å². The highest BCUT2D eigenvalue weighted by atomic mass is 16.3. The van der Waals surface area contributed by atoms with Gasteiger partial charge in [0, 0.05) is 28.6 Å². The molecule has 0 fully saturated rings. The average molecular weight is 723 g/mol. The van der Waals surface area contributed by atoms with Crippen LogP contribution in [0.4, 0.5) is 0 Å².